The number of rotatable bonds is 0. The number of hydrogen-bond acceptors (Lipinski definition) is 4. The van der Waals surface area contributed by atoms with E-state index in [4.69, 9.17) is 20.0 Å². The molecule has 4 aromatic carbocycles. The molecule has 5 heterocycles. The van der Waals surface area contributed by atoms with E-state index < -0.39 is 0 Å². The Labute approximate surface area is 251 Å². The smallest absolute Gasteiger partial charge is 0.248 e. The Hall–Kier alpha value is -4.82. The Morgan fingerprint density at radius 1 is 0.268 bits per heavy atom. The molecule has 0 atom stereocenters. The van der Waals surface area contributed by atoms with Crippen molar-refractivity contribution in [3.8, 4) is 0 Å². The fourth-order valence-electron chi connectivity index (χ4n) is 6.12. The Morgan fingerprint density at radius 2 is 0.463 bits per heavy atom. The van der Waals surface area contributed by atoms with Gasteiger partial charge in [-0.2, -0.15) is 0 Å². The molecular formula is C36H20N4Pd+2. The van der Waals surface area contributed by atoms with Crippen molar-refractivity contribution in [2.75, 3.05) is 0 Å². The SMILES string of the molecule is C1=C2N=C(C=C3N=C(C=C4N=C(C=C5N=C1c1ccccc15)c1ccccc14)c1ccccc13)c1ccccc12.[Pd+2]. The van der Waals surface area contributed by atoms with Crippen LogP contribution >= 0.6 is 0 Å². The molecule has 0 saturated carbocycles. The van der Waals surface area contributed by atoms with Crippen LogP contribution < -0.4 is 0 Å². The van der Waals surface area contributed by atoms with E-state index in [0.717, 1.165) is 90.1 Å². The van der Waals surface area contributed by atoms with Crippen molar-refractivity contribution in [2.24, 2.45) is 20.0 Å². The summed E-state index contributed by atoms with van der Waals surface area (Å²) in [4.78, 5) is 20.5. The summed E-state index contributed by atoms with van der Waals surface area (Å²) in [6, 6.07) is 33.6. The zero-order valence-electron chi connectivity index (χ0n) is 21.7. The quantitative estimate of drug-likeness (QED) is 0.186. The summed E-state index contributed by atoms with van der Waals surface area (Å²) in [7, 11) is 0. The van der Waals surface area contributed by atoms with Crippen molar-refractivity contribution in [2.45, 2.75) is 0 Å². The molecule has 4 nitrogen and oxygen atoms in total. The van der Waals surface area contributed by atoms with Gasteiger partial charge in [0.25, 0.3) is 0 Å². The summed E-state index contributed by atoms with van der Waals surface area (Å²) in [6.07, 6.45) is 8.46. The van der Waals surface area contributed by atoms with Crippen LogP contribution in [0.15, 0.2) is 141 Å². The van der Waals surface area contributed by atoms with Gasteiger partial charge in [0.15, 0.2) is 0 Å². The second-order valence-corrected chi connectivity index (χ2v) is 10.3. The van der Waals surface area contributed by atoms with Crippen molar-refractivity contribution in [1.82, 2.24) is 0 Å². The molecule has 9 rings (SSSR count). The molecule has 5 aliphatic rings. The number of aliphatic imine (C=N–C) groups is 4. The molecule has 0 aromatic heterocycles. The topological polar surface area (TPSA) is 49.4 Å². The Morgan fingerprint density at radius 3 is 0.683 bits per heavy atom. The molecule has 4 aromatic rings. The Bertz CT molecular complexity index is 1780. The molecule has 0 spiro atoms. The van der Waals surface area contributed by atoms with Crippen molar-refractivity contribution >= 4 is 45.6 Å². The number of benzene rings is 4. The van der Waals surface area contributed by atoms with Gasteiger partial charge in [0.2, 0.25) is 0 Å². The molecule has 5 heteroatoms. The Balaban J connectivity index is 0.00000256. The van der Waals surface area contributed by atoms with Gasteiger partial charge in [0, 0.05) is 44.5 Å². The summed E-state index contributed by atoms with van der Waals surface area (Å²) in [5, 5.41) is 0. The van der Waals surface area contributed by atoms with E-state index in [2.05, 4.69) is 121 Å². The zero-order valence-corrected chi connectivity index (χ0v) is 23.2. The molecule has 0 radical (unpaired) electrons. The van der Waals surface area contributed by atoms with Crippen LogP contribution in [0.3, 0.4) is 0 Å². The van der Waals surface area contributed by atoms with Gasteiger partial charge in [-0.25, -0.2) is 20.0 Å². The zero-order chi connectivity index (χ0) is 26.2. The third kappa shape index (κ3) is 3.64. The van der Waals surface area contributed by atoms with E-state index in [9.17, 15) is 0 Å². The van der Waals surface area contributed by atoms with E-state index in [-0.39, 0.29) is 20.4 Å². The number of allylic oxidation sites excluding steroid dienone is 4. The molecule has 41 heavy (non-hydrogen) atoms. The summed E-state index contributed by atoms with van der Waals surface area (Å²) in [5.41, 5.74) is 16.1. The predicted octanol–water partition coefficient (Wildman–Crippen LogP) is 7.37. The minimum absolute atomic E-state index is 0. The van der Waals surface area contributed by atoms with E-state index in [1.165, 1.54) is 0 Å². The van der Waals surface area contributed by atoms with Crippen LogP contribution in [0.2, 0.25) is 0 Å². The van der Waals surface area contributed by atoms with Crippen LogP contribution in [-0.2, 0) is 20.4 Å². The van der Waals surface area contributed by atoms with Crippen molar-refractivity contribution in [3.63, 3.8) is 0 Å². The molecule has 0 N–H and O–H groups in total. The first-order valence-corrected chi connectivity index (χ1v) is 13.4. The maximum atomic E-state index is 5.13. The van der Waals surface area contributed by atoms with Gasteiger partial charge in [-0.05, 0) is 24.3 Å². The fraction of sp³-hybridized carbons (Fsp3) is 0. The van der Waals surface area contributed by atoms with Crippen LogP contribution in [0.1, 0.15) is 44.5 Å². The van der Waals surface area contributed by atoms with Gasteiger partial charge >= 0.3 is 20.4 Å². The van der Waals surface area contributed by atoms with Crippen LogP contribution in [0.4, 0.5) is 0 Å². The standard InChI is InChI=1S/C36H20N4.Pd/c1-2-10-22-21(9-1)29-17-31-23-11-3-4-12-24(23)33(38-31)19-35-27-15-7-8-16-28(27)36(40-35)20-34-26-14-6-5-13-25(26)32(39-34)18-30(22)37-29;/h1-20H;/q;+2. The molecule has 0 saturated heterocycles. The summed E-state index contributed by atoms with van der Waals surface area (Å²) in [6.45, 7) is 0. The molecule has 192 valence electrons. The monoisotopic (exact) mass is 614 g/mol. The number of hydrogen-bond donors (Lipinski definition) is 0. The summed E-state index contributed by atoms with van der Waals surface area (Å²) >= 11 is 0. The second-order valence-electron chi connectivity index (χ2n) is 10.3. The van der Waals surface area contributed by atoms with Gasteiger partial charge in [-0.1, -0.05) is 97.1 Å². The molecular weight excluding hydrogens is 595 g/mol. The van der Waals surface area contributed by atoms with Crippen molar-refractivity contribution in [3.05, 3.63) is 166 Å². The van der Waals surface area contributed by atoms with Crippen molar-refractivity contribution in [1.29, 1.82) is 0 Å². The van der Waals surface area contributed by atoms with Gasteiger partial charge in [0.05, 0.1) is 45.6 Å². The molecule has 5 aliphatic heterocycles. The van der Waals surface area contributed by atoms with E-state index in [1.54, 1.807) is 0 Å². The van der Waals surface area contributed by atoms with E-state index >= 15 is 0 Å². The van der Waals surface area contributed by atoms with E-state index in [0.29, 0.717) is 0 Å². The normalized spacial score (nSPS) is 16.8. The Kier molecular flexibility index (Phi) is 5.34. The average molecular weight is 615 g/mol. The van der Waals surface area contributed by atoms with Gasteiger partial charge < -0.3 is 0 Å². The minimum atomic E-state index is 0. The fourth-order valence-corrected chi connectivity index (χ4v) is 6.12. The van der Waals surface area contributed by atoms with Crippen LogP contribution in [-0.4, -0.2) is 22.8 Å². The molecule has 8 bridgehead atoms. The van der Waals surface area contributed by atoms with Crippen molar-refractivity contribution < 1.29 is 20.4 Å². The number of nitrogens with zero attached hydrogens (tertiary/aromatic N) is 4. The minimum Gasteiger partial charge on any atom is -0.248 e. The van der Waals surface area contributed by atoms with Gasteiger partial charge in [-0.15, -0.1) is 0 Å². The first-order valence-electron chi connectivity index (χ1n) is 13.4. The first kappa shape index (κ1) is 24.0. The van der Waals surface area contributed by atoms with Gasteiger partial charge in [0.1, 0.15) is 0 Å². The maximum Gasteiger partial charge on any atom is 2.00 e. The third-order valence-electron chi connectivity index (χ3n) is 7.97. The molecule has 0 unspecified atom stereocenters. The van der Waals surface area contributed by atoms with Gasteiger partial charge in [-0.3, -0.25) is 0 Å². The van der Waals surface area contributed by atoms with Crippen LogP contribution in [0, 0.1) is 0 Å². The second kappa shape index (κ2) is 9.11. The largest absolute Gasteiger partial charge is 2.00 e. The molecule has 0 amide bonds. The van der Waals surface area contributed by atoms with E-state index in [1.807, 2.05) is 0 Å². The van der Waals surface area contributed by atoms with Crippen LogP contribution in [0.5, 0.6) is 0 Å². The predicted molar refractivity (Wildman–Crippen MR) is 164 cm³/mol. The molecule has 0 fully saturated rings. The third-order valence-corrected chi connectivity index (χ3v) is 7.97. The summed E-state index contributed by atoms with van der Waals surface area (Å²) < 4.78 is 0. The number of fused-ring (bicyclic) bond motifs is 16. The molecule has 0 aliphatic carbocycles. The average Bonchev–Trinajstić information content (AvgIpc) is 3.73. The van der Waals surface area contributed by atoms with Crippen LogP contribution in [0.25, 0.3) is 22.8 Å². The maximum absolute atomic E-state index is 5.13. The first-order chi connectivity index (χ1) is 19.8. The summed E-state index contributed by atoms with van der Waals surface area (Å²) in [5.74, 6) is 0.